The topological polar surface area (TPSA) is 81.3 Å². The van der Waals surface area contributed by atoms with Gasteiger partial charge in [0.15, 0.2) is 0 Å². The summed E-state index contributed by atoms with van der Waals surface area (Å²) in [5, 5.41) is 0. The Morgan fingerprint density at radius 1 is 1.33 bits per heavy atom. The second-order valence-electron chi connectivity index (χ2n) is 4.74. The summed E-state index contributed by atoms with van der Waals surface area (Å²) in [7, 11) is 3.19. The lowest BCUT2D eigenvalue weighted by molar-refractivity contribution is 0.0586. The van der Waals surface area contributed by atoms with Crippen LogP contribution in [0.2, 0.25) is 0 Å². The molecule has 1 aromatic carbocycles. The van der Waals surface area contributed by atoms with Crippen LogP contribution in [0.5, 0.6) is 0 Å². The van der Waals surface area contributed by atoms with Gasteiger partial charge in [0.2, 0.25) is 5.82 Å². The van der Waals surface area contributed by atoms with Crippen molar-refractivity contribution in [2.45, 2.75) is 13.5 Å². The highest BCUT2D eigenvalue weighted by Gasteiger charge is 2.14. The Kier molecular flexibility index (Phi) is 4.37. The molecule has 2 N–H and O–H groups in total. The third kappa shape index (κ3) is 3.47. The van der Waals surface area contributed by atoms with Crippen LogP contribution in [0.25, 0.3) is 0 Å². The number of carbonyl (C=O) groups is 1. The maximum Gasteiger partial charge on any atom is 0.376 e. The molecule has 0 amide bonds. The molecule has 110 valence electrons. The van der Waals surface area contributed by atoms with E-state index in [4.69, 9.17) is 5.73 Å². The van der Waals surface area contributed by atoms with Gasteiger partial charge in [0, 0.05) is 31.0 Å². The quantitative estimate of drug-likeness (QED) is 0.681. The first-order chi connectivity index (χ1) is 10.0. The Labute approximate surface area is 123 Å². The van der Waals surface area contributed by atoms with E-state index >= 15 is 0 Å². The molecule has 2 aromatic rings. The van der Waals surface area contributed by atoms with E-state index in [9.17, 15) is 4.79 Å². The predicted octanol–water partition coefficient (Wildman–Crippen LogP) is 1.79. The fourth-order valence-corrected chi connectivity index (χ4v) is 1.94. The molecule has 0 unspecified atom stereocenters. The van der Waals surface area contributed by atoms with Crippen molar-refractivity contribution in [1.29, 1.82) is 0 Å². The van der Waals surface area contributed by atoms with Crippen molar-refractivity contribution >= 4 is 17.5 Å². The second-order valence-corrected chi connectivity index (χ2v) is 4.74. The first kappa shape index (κ1) is 14.8. The van der Waals surface area contributed by atoms with Crippen LogP contribution in [-0.2, 0) is 11.3 Å². The predicted molar refractivity (Wildman–Crippen MR) is 81.1 cm³/mol. The Balaban J connectivity index is 2.27. The molecule has 6 nitrogen and oxygen atoms in total. The standard InChI is InChI=1S/C15H18N4O2/c1-10-8-13(18-14(17-10)15(20)21-3)19(2)9-11-6-4-5-7-12(11)16/h4-8H,9,16H2,1-3H3. The van der Waals surface area contributed by atoms with Crippen molar-refractivity contribution in [2.24, 2.45) is 0 Å². The number of nitrogens with zero attached hydrogens (tertiary/aromatic N) is 3. The zero-order valence-electron chi connectivity index (χ0n) is 12.3. The number of hydrogen-bond acceptors (Lipinski definition) is 6. The number of rotatable bonds is 4. The van der Waals surface area contributed by atoms with Crippen molar-refractivity contribution in [3.8, 4) is 0 Å². The number of aromatic nitrogens is 2. The van der Waals surface area contributed by atoms with Crippen LogP contribution < -0.4 is 10.6 Å². The van der Waals surface area contributed by atoms with Gasteiger partial charge in [0.05, 0.1) is 7.11 Å². The minimum absolute atomic E-state index is 0.0559. The fourth-order valence-electron chi connectivity index (χ4n) is 1.94. The largest absolute Gasteiger partial charge is 0.463 e. The minimum Gasteiger partial charge on any atom is -0.463 e. The smallest absolute Gasteiger partial charge is 0.376 e. The summed E-state index contributed by atoms with van der Waals surface area (Å²) in [6.45, 7) is 2.39. The number of methoxy groups -OCH3 is 1. The van der Waals surface area contributed by atoms with Crippen molar-refractivity contribution in [1.82, 2.24) is 9.97 Å². The molecule has 0 aliphatic carbocycles. The fraction of sp³-hybridized carbons (Fsp3) is 0.267. The molecule has 0 saturated carbocycles. The molecule has 2 rings (SSSR count). The van der Waals surface area contributed by atoms with E-state index in [1.807, 2.05) is 49.2 Å². The van der Waals surface area contributed by atoms with Crippen LogP contribution in [0, 0.1) is 6.92 Å². The second kappa shape index (κ2) is 6.21. The van der Waals surface area contributed by atoms with Gasteiger partial charge in [-0.25, -0.2) is 14.8 Å². The summed E-state index contributed by atoms with van der Waals surface area (Å²) in [6.07, 6.45) is 0. The number of hydrogen-bond donors (Lipinski definition) is 1. The van der Waals surface area contributed by atoms with Crippen molar-refractivity contribution < 1.29 is 9.53 Å². The van der Waals surface area contributed by atoms with E-state index < -0.39 is 5.97 Å². The molecule has 0 spiro atoms. The monoisotopic (exact) mass is 286 g/mol. The molecular weight excluding hydrogens is 268 g/mol. The summed E-state index contributed by atoms with van der Waals surface area (Å²) in [4.78, 5) is 21.8. The van der Waals surface area contributed by atoms with Crippen molar-refractivity contribution in [2.75, 3.05) is 24.8 Å². The Morgan fingerprint density at radius 3 is 2.71 bits per heavy atom. The first-order valence-corrected chi connectivity index (χ1v) is 6.49. The summed E-state index contributed by atoms with van der Waals surface area (Å²) >= 11 is 0. The molecule has 1 heterocycles. The van der Waals surface area contributed by atoms with Crippen LogP contribution in [0.3, 0.4) is 0 Å². The average Bonchev–Trinajstić information content (AvgIpc) is 2.48. The van der Waals surface area contributed by atoms with E-state index in [1.165, 1.54) is 7.11 Å². The van der Waals surface area contributed by atoms with Gasteiger partial charge in [-0.15, -0.1) is 0 Å². The number of ether oxygens (including phenoxy) is 1. The van der Waals surface area contributed by atoms with Gasteiger partial charge < -0.3 is 15.4 Å². The number of aryl methyl sites for hydroxylation is 1. The SMILES string of the molecule is COC(=O)c1nc(C)cc(N(C)Cc2ccccc2N)n1. The van der Waals surface area contributed by atoms with E-state index in [1.54, 1.807) is 0 Å². The van der Waals surface area contributed by atoms with Crippen LogP contribution in [0.1, 0.15) is 21.9 Å². The summed E-state index contributed by atoms with van der Waals surface area (Å²) in [5.74, 6) is 0.152. The molecule has 6 heteroatoms. The zero-order valence-corrected chi connectivity index (χ0v) is 12.3. The first-order valence-electron chi connectivity index (χ1n) is 6.49. The van der Waals surface area contributed by atoms with Crippen LogP contribution in [0.15, 0.2) is 30.3 Å². The van der Waals surface area contributed by atoms with Gasteiger partial charge in [-0.1, -0.05) is 18.2 Å². The average molecular weight is 286 g/mol. The van der Waals surface area contributed by atoms with Crippen LogP contribution >= 0.6 is 0 Å². The van der Waals surface area contributed by atoms with E-state index in [-0.39, 0.29) is 5.82 Å². The molecule has 0 radical (unpaired) electrons. The molecule has 0 bridgehead atoms. The van der Waals surface area contributed by atoms with Gasteiger partial charge >= 0.3 is 5.97 Å². The zero-order chi connectivity index (χ0) is 15.4. The highest BCUT2D eigenvalue weighted by atomic mass is 16.5. The summed E-state index contributed by atoms with van der Waals surface area (Å²) < 4.78 is 4.66. The maximum atomic E-state index is 11.6. The van der Waals surface area contributed by atoms with Crippen LogP contribution in [0.4, 0.5) is 11.5 Å². The Bertz CT molecular complexity index is 658. The Morgan fingerprint density at radius 2 is 2.05 bits per heavy atom. The molecule has 0 aliphatic heterocycles. The third-order valence-electron chi connectivity index (χ3n) is 3.06. The van der Waals surface area contributed by atoms with E-state index in [0.717, 1.165) is 11.3 Å². The molecular formula is C15H18N4O2. The number of carbonyl (C=O) groups excluding carboxylic acids is 1. The van der Waals surface area contributed by atoms with Gasteiger partial charge in [0.25, 0.3) is 0 Å². The number of para-hydroxylation sites is 1. The van der Waals surface area contributed by atoms with Gasteiger partial charge in [-0.05, 0) is 18.6 Å². The molecule has 0 fully saturated rings. The number of nitrogen functional groups attached to an aromatic ring is 1. The summed E-state index contributed by atoms with van der Waals surface area (Å²) in [5.41, 5.74) is 8.37. The van der Waals surface area contributed by atoms with Gasteiger partial charge in [-0.2, -0.15) is 0 Å². The van der Waals surface area contributed by atoms with Gasteiger partial charge in [-0.3, -0.25) is 0 Å². The molecule has 21 heavy (non-hydrogen) atoms. The van der Waals surface area contributed by atoms with Crippen molar-refractivity contribution in [3.05, 3.63) is 47.4 Å². The Hall–Kier alpha value is -2.63. The lowest BCUT2D eigenvalue weighted by Gasteiger charge is -2.20. The molecule has 0 atom stereocenters. The molecule has 0 saturated heterocycles. The van der Waals surface area contributed by atoms with E-state index in [0.29, 0.717) is 18.1 Å². The maximum absolute atomic E-state index is 11.6. The van der Waals surface area contributed by atoms with Gasteiger partial charge in [0.1, 0.15) is 5.82 Å². The van der Waals surface area contributed by atoms with Crippen LogP contribution in [-0.4, -0.2) is 30.1 Å². The normalized spacial score (nSPS) is 10.2. The summed E-state index contributed by atoms with van der Waals surface area (Å²) in [6, 6.07) is 9.45. The molecule has 1 aromatic heterocycles. The number of anilines is 2. The highest BCUT2D eigenvalue weighted by Crippen LogP contribution is 2.18. The minimum atomic E-state index is -0.549. The number of esters is 1. The lowest BCUT2D eigenvalue weighted by atomic mass is 10.2. The molecule has 0 aliphatic rings. The number of benzene rings is 1. The van der Waals surface area contributed by atoms with E-state index in [2.05, 4.69) is 14.7 Å². The highest BCUT2D eigenvalue weighted by molar-refractivity contribution is 5.85. The number of nitrogens with two attached hydrogens (primary N) is 1. The van der Waals surface area contributed by atoms with Crippen molar-refractivity contribution in [3.63, 3.8) is 0 Å². The lowest BCUT2D eigenvalue weighted by Crippen LogP contribution is -2.21. The third-order valence-corrected chi connectivity index (χ3v) is 3.06.